The molecule has 0 amide bonds. The van der Waals surface area contributed by atoms with Gasteiger partial charge in [-0.1, -0.05) is 17.3 Å². The average Bonchev–Trinajstić information content (AvgIpc) is 2.91. The van der Waals surface area contributed by atoms with Crippen molar-refractivity contribution in [1.82, 2.24) is 5.16 Å². The molecular formula is C17H13F2NO3S. The zero-order valence-corrected chi connectivity index (χ0v) is 13.7. The number of benzene rings is 2. The lowest BCUT2D eigenvalue weighted by Gasteiger charge is -2.05. The van der Waals surface area contributed by atoms with E-state index in [0.29, 0.717) is 28.1 Å². The van der Waals surface area contributed by atoms with Crippen molar-refractivity contribution in [2.45, 2.75) is 11.8 Å². The van der Waals surface area contributed by atoms with Crippen LogP contribution in [0.15, 0.2) is 51.9 Å². The second-order valence-corrected chi connectivity index (χ2v) is 7.40. The van der Waals surface area contributed by atoms with Crippen LogP contribution in [0.1, 0.15) is 5.76 Å². The summed E-state index contributed by atoms with van der Waals surface area (Å²) < 4.78 is 54.9. The molecule has 0 aliphatic rings. The maximum atomic E-state index is 13.5. The number of nitrogens with zero attached hydrogens (tertiary/aromatic N) is 1. The van der Waals surface area contributed by atoms with Gasteiger partial charge >= 0.3 is 0 Å². The standard InChI is InChI=1S/C17H13F2NO3S/c1-10-16(11-3-6-13(7-4-11)24(2,21)22)17(20-23-10)12-5-8-14(18)15(19)9-12/h3-9H,1-2H3. The van der Waals surface area contributed by atoms with Crippen LogP contribution in [0.2, 0.25) is 0 Å². The third-order valence-corrected chi connectivity index (χ3v) is 4.76. The SMILES string of the molecule is Cc1onc(-c2ccc(F)c(F)c2)c1-c1ccc(S(C)(=O)=O)cc1. The molecule has 0 N–H and O–H groups in total. The predicted octanol–water partition coefficient (Wildman–Crippen LogP) is 4.00. The highest BCUT2D eigenvalue weighted by molar-refractivity contribution is 7.90. The summed E-state index contributed by atoms with van der Waals surface area (Å²) >= 11 is 0. The fourth-order valence-corrected chi connectivity index (χ4v) is 3.05. The third kappa shape index (κ3) is 2.94. The Kier molecular flexibility index (Phi) is 3.96. The van der Waals surface area contributed by atoms with Gasteiger partial charge in [0.1, 0.15) is 11.5 Å². The number of aryl methyl sites for hydroxylation is 1. The third-order valence-electron chi connectivity index (χ3n) is 3.63. The van der Waals surface area contributed by atoms with E-state index < -0.39 is 21.5 Å². The number of halogens is 2. The van der Waals surface area contributed by atoms with E-state index in [9.17, 15) is 17.2 Å². The van der Waals surface area contributed by atoms with Crippen LogP contribution < -0.4 is 0 Å². The van der Waals surface area contributed by atoms with E-state index in [1.54, 1.807) is 19.1 Å². The van der Waals surface area contributed by atoms with Crippen molar-refractivity contribution >= 4 is 9.84 Å². The Morgan fingerprint density at radius 2 is 1.58 bits per heavy atom. The van der Waals surface area contributed by atoms with E-state index in [-0.39, 0.29) is 4.90 Å². The zero-order chi connectivity index (χ0) is 17.5. The molecule has 0 aliphatic heterocycles. The lowest BCUT2D eigenvalue weighted by Crippen LogP contribution is -1.96. The lowest BCUT2D eigenvalue weighted by molar-refractivity contribution is 0.400. The van der Waals surface area contributed by atoms with Crippen molar-refractivity contribution in [3.63, 3.8) is 0 Å². The molecule has 0 aliphatic carbocycles. The molecule has 0 fully saturated rings. The van der Waals surface area contributed by atoms with E-state index >= 15 is 0 Å². The van der Waals surface area contributed by atoms with Gasteiger partial charge in [-0.15, -0.1) is 0 Å². The van der Waals surface area contributed by atoms with Crippen LogP contribution in [-0.4, -0.2) is 19.8 Å². The van der Waals surface area contributed by atoms with E-state index in [2.05, 4.69) is 5.16 Å². The largest absolute Gasteiger partial charge is 0.360 e. The van der Waals surface area contributed by atoms with Crippen molar-refractivity contribution in [3.05, 3.63) is 59.9 Å². The van der Waals surface area contributed by atoms with E-state index in [4.69, 9.17) is 4.52 Å². The molecule has 2 aromatic carbocycles. The van der Waals surface area contributed by atoms with Gasteiger partial charge in [0.05, 0.1) is 10.5 Å². The molecule has 24 heavy (non-hydrogen) atoms. The quantitative estimate of drug-likeness (QED) is 0.717. The van der Waals surface area contributed by atoms with Crippen molar-refractivity contribution < 1.29 is 21.7 Å². The summed E-state index contributed by atoms with van der Waals surface area (Å²) in [5, 5.41) is 3.92. The molecule has 0 spiro atoms. The molecule has 0 saturated carbocycles. The Hall–Kier alpha value is -2.54. The molecule has 124 valence electrons. The van der Waals surface area contributed by atoms with Crippen molar-refractivity contribution in [1.29, 1.82) is 0 Å². The van der Waals surface area contributed by atoms with Gasteiger partial charge in [-0.25, -0.2) is 17.2 Å². The van der Waals surface area contributed by atoms with Crippen LogP contribution >= 0.6 is 0 Å². The van der Waals surface area contributed by atoms with Crippen LogP contribution in [-0.2, 0) is 9.84 Å². The van der Waals surface area contributed by atoms with Gasteiger partial charge in [0.25, 0.3) is 0 Å². The van der Waals surface area contributed by atoms with Crippen LogP contribution in [0.4, 0.5) is 8.78 Å². The van der Waals surface area contributed by atoms with E-state index in [0.717, 1.165) is 18.4 Å². The average molecular weight is 349 g/mol. The number of hydrogen-bond donors (Lipinski definition) is 0. The highest BCUT2D eigenvalue weighted by Crippen LogP contribution is 2.35. The fourth-order valence-electron chi connectivity index (χ4n) is 2.42. The zero-order valence-electron chi connectivity index (χ0n) is 12.9. The maximum Gasteiger partial charge on any atom is 0.175 e. The Labute approximate surface area is 137 Å². The number of aromatic nitrogens is 1. The Balaban J connectivity index is 2.12. The van der Waals surface area contributed by atoms with Gasteiger partial charge in [-0.05, 0) is 42.8 Å². The Morgan fingerprint density at radius 1 is 0.958 bits per heavy atom. The van der Waals surface area contributed by atoms with E-state index in [1.807, 2.05) is 0 Å². The summed E-state index contributed by atoms with van der Waals surface area (Å²) in [5.41, 5.74) is 1.99. The van der Waals surface area contributed by atoms with Crippen molar-refractivity contribution in [2.75, 3.05) is 6.26 Å². The summed E-state index contributed by atoms with van der Waals surface area (Å²) in [7, 11) is -3.30. The smallest absolute Gasteiger partial charge is 0.175 e. The van der Waals surface area contributed by atoms with Crippen LogP contribution in [0, 0.1) is 18.6 Å². The van der Waals surface area contributed by atoms with Gasteiger partial charge in [0, 0.05) is 11.8 Å². The molecule has 0 atom stereocenters. The Bertz CT molecular complexity index is 1010. The number of hydrogen-bond acceptors (Lipinski definition) is 4. The molecule has 7 heteroatoms. The fraction of sp³-hybridized carbons (Fsp3) is 0.118. The molecule has 0 radical (unpaired) electrons. The summed E-state index contributed by atoms with van der Waals surface area (Å²) in [4.78, 5) is 0.190. The molecule has 1 heterocycles. The topological polar surface area (TPSA) is 60.2 Å². The molecule has 4 nitrogen and oxygen atoms in total. The lowest BCUT2D eigenvalue weighted by atomic mass is 9.99. The molecule has 0 bridgehead atoms. The number of rotatable bonds is 3. The summed E-state index contributed by atoms with van der Waals surface area (Å²) in [6.45, 7) is 1.69. The summed E-state index contributed by atoms with van der Waals surface area (Å²) in [5.74, 6) is -1.44. The molecular weight excluding hydrogens is 336 g/mol. The minimum atomic E-state index is -3.30. The number of sulfone groups is 1. The minimum absolute atomic E-state index is 0.190. The highest BCUT2D eigenvalue weighted by Gasteiger charge is 2.18. The predicted molar refractivity (Wildman–Crippen MR) is 85.1 cm³/mol. The molecule has 0 unspecified atom stereocenters. The maximum absolute atomic E-state index is 13.5. The first-order valence-electron chi connectivity index (χ1n) is 6.99. The van der Waals surface area contributed by atoms with Gasteiger partial charge in [-0.3, -0.25) is 0 Å². The van der Waals surface area contributed by atoms with Gasteiger partial charge < -0.3 is 4.52 Å². The van der Waals surface area contributed by atoms with Crippen LogP contribution in [0.25, 0.3) is 22.4 Å². The van der Waals surface area contributed by atoms with Gasteiger partial charge in [0.2, 0.25) is 0 Å². The van der Waals surface area contributed by atoms with E-state index in [1.165, 1.54) is 18.2 Å². The first kappa shape index (κ1) is 16.3. The minimum Gasteiger partial charge on any atom is -0.360 e. The van der Waals surface area contributed by atoms with Gasteiger partial charge in [-0.2, -0.15) is 0 Å². The van der Waals surface area contributed by atoms with Crippen LogP contribution in [0.3, 0.4) is 0 Å². The molecule has 0 saturated heterocycles. The Morgan fingerprint density at radius 3 is 2.17 bits per heavy atom. The summed E-state index contributed by atoms with van der Waals surface area (Å²) in [6.07, 6.45) is 1.12. The van der Waals surface area contributed by atoms with Gasteiger partial charge in [0.15, 0.2) is 21.5 Å². The molecule has 3 rings (SSSR count). The second kappa shape index (κ2) is 5.83. The molecule has 3 aromatic rings. The van der Waals surface area contributed by atoms with Crippen LogP contribution in [0.5, 0.6) is 0 Å². The van der Waals surface area contributed by atoms with Crippen molar-refractivity contribution in [2.24, 2.45) is 0 Å². The first-order valence-corrected chi connectivity index (χ1v) is 8.88. The first-order chi connectivity index (χ1) is 11.3. The monoisotopic (exact) mass is 349 g/mol. The normalized spacial score (nSPS) is 11.7. The molecule has 1 aromatic heterocycles. The summed E-state index contributed by atoms with van der Waals surface area (Å²) in [6, 6.07) is 9.67. The van der Waals surface area contributed by atoms with Crippen molar-refractivity contribution in [3.8, 4) is 22.4 Å². The second-order valence-electron chi connectivity index (χ2n) is 5.39. The highest BCUT2D eigenvalue weighted by atomic mass is 32.2.